The molecule has 0 aromatic carbocycles. The average molecular weight is 294 g/mol. The van der Waals surface area contributed by atoms with E-state index >= 15 is 0 Å². The van der Waals surface area contributed by atoms with Gasteiger partial charge in [-0.2, -0.15) is 0 Å². The zero-order chi connectivity index (χ0) is 14.5. The third kappa shape index (κ3) is 1.76. The molecule has 0 radical (unpaired) electrons. The number of hydrogen-bond acceptors (Lipinski definition) is 4. The highest BCUT2D eigenvalue weighted by molar-refractivity contribution is 7.11. The summed E-state index contributed by atoms with van der Waals surface area (Å²) in [4.78, 5) is 15.0. The van der Waals surface area contributed by atoms with Crippen LogP contribution in [-0.4, -0.2) is 24.2 Å². The number of carbonyl (C=O) groups excluding carboxylic acids is 1. The second-order valence-corrected chi connectivity index (χ2v) is 7.84. The summed E-state index contributed by atoms with van der Waals surface area (Å²) in [5, 5.41) is 3.01. The molecule has 2 heterocycles. The molecule has 3 atom stereocenters. The maximum atomic E-state index is 12.6. The van der Waals surface area contributed by atoms with Gasteiger partial charge in [0.15, 0.2) is 0 Å². The number of aryl methyl sites for hydroxylation is 1. The van der Waals surface area contributed by atoms with Gasteiger partial charge >= 0.3 is 0 Å². The third-order valence-corrected chi connectivity index (χ3v) is 6.05. The van der Waals surface area contributed by atoms with E-state index in [-0.39, 0.29) is 23.3 Å². The van der Waals surface area contributed by atoms with Crippen LogP contribution in [0.1, 0.15) is 30.0 Å². The molecule has 2 fully saturated rings. The number of rotatable bonds is 3. The van der Waals surface area contributed by atoms with Crippen LogP contribution < -0.4 is 11.1 Å². The second-order valence-electron chi connectivity index (χ2n) is 6.47. The van der Waals surface area contributed by atoms with Crippen molar-refractivity contribution in [1.82, 2.24) is 5.32 Å². The summed E-state index contributed by atoms with van der Waals surface area (Å²) in [7, 11) is 0. The highest BCUT2D eigenvalue weighted by atomic mass is 32.1. The Morgan fingerprint density at radius 1 is 1.55 bits per heavy atom. The molecule has 1 saturated heterocycles. The van der Waals surface area contributed by atoms with Crippen LogP contribution in [0.4, 0.5) is 0 Å². The van der Waals surface area contributed by atoms with Crippen LogP contribution in [0.5, 0.6) is 0 Å². The first-order valence-electron chi connectivity index (χ1n) is 7.11. The van der Waals surface area contributed by atoms with Gasteiger partial charge in [-0.1, -0.05) is 13.8 Å². The van der Waals surface area contributed by atoms with Crippen LogP contribution in [0, 0.1) is 18.3 Å². The Labute approximate surface area is 123 Å². The maximum Gasteiger partial charge on any atom is 0.241 e. The molecule has 3 N–H and O–H groups in total. The average Bonchev–Trinajstić information content (AvgIpc) is 3.02. The fourth-order valence-electron chi connectivity index (χ4n) is 3.74. The van der Waals surface area contributed by atoms with Gasteiger partial charge in [-0.15, -0.1) is 11.3 Å². The normalized spacial score (nSPS) is 34.4. The molecule has 1 aromatic heterocycles. The van der Waals surface area contributed by atoms with E-state index in [1.165, 1.54) is 4.88 Å². The molecule has 0 bridgehead atoms. The second kappa shape index (κ2) is 4.55. The molecule has 1 aromatic rings. The predicted octanol–water partition coefficient (Wildman–Crippen LogP) is 1.82. The van der Waals surface area contributed by atoms with Crippen molar-refractivity contribution >= 4 is 17.2 Å². The number of nitrogens with one attached hydrogen (secondary N) is 1. The molecule has 1 aliphatic carbocycles. The van der Waals surface area contributed by atoms with Gasteiger partial charge in [0.25, 0.3) is 0 Å². The van der Waals surface area contributed by atoms with Crippen molar-refractivity contribution in [3.8, 4) is 0 Å². The summed E-state index contributed by atoms with van der Waals surface area (Å²) in [6.07, 6.45) is 1.01. The van der Waals surface area contributed by atoms with Gasteiger partial charge in [0, 0.05) is 27.7 Å². The first-order chi connectivity index (χ1) is 9.37. The first kappa shape index (κ1) is 14.0. The van der Waals surface area contributed by atoms with Crippen LogP contribution in [-0.2, 0) is 16.1 Å². The van der Waals surface area contributed by atoms with Gasteiger partial charge in [0.1, 0.15) is 5.54 Å². The zero-order valence-electron chi connectivity index (χ0n) is 12.2. The van der Waals surface area contributed by atoms with Gasteiger partial charge in [0.2, 0.25) is 5.91 Å². The number of ether oxygens (including phenoxy) is 1. The van der Waals surface area contributed by atoms with E-state index in [1.807, 2.05) is 13.8 Å². The van der Waals surface area contributed by atoms with Gasteiger partial charge in [-0.25, -0.2) is 0 Å². The summed E-state index contributed by atoms with van der Waals surface area (Å²) in [5.41, 5.74) is 5.38. The fourth-order valence-corrected chi connectivity index (χ4v) is 4.57. The Bertz CT molecular complexity index is 540. The van der Waals surface area contributed by atoms with Crippen molar-refractivity contribution in [2.75, 3.05) is 6.61 Å². The minimum atomic E-state index is -0.805. The molecule has 1 aliphatic heterocycles. The lowest BCUT2D eigenvalue weighted by molar-refractivity contribution is -0.175. The predicted molar refractivity (Wildman–Crippen MR) is 79.4 cm³/mol. The van der Waals surface area contributed by atoms with E-state index < -0.39 is 5.54 Å². The van der Waals surface area contributed by atoms with Crippen molar-refractivity contribution in [2.45, 2.75) is 45.4 Å². The summed E-state index contributed by atoms with van der Waals surface area (Å²) in [6, 6.07) is 4.12. The highest BCUT2D eigenvalue weighted by Crippen LogP contribution is 2.58. The SMILES string of the molecule is Cc1ccc(CNC(=O)C2(N)C3CCOC3C2(C)C)s1. The van der Waals surface area contributed by atoms with E-state index in [9.17, 15) is 4.79 Å². The smallest absolute Gasteiger partial charge is 0.241 e. The Kier molecular flexibility index (Phi) is 3.19. The minimum absolute atomic E-state index is 0.0414. The van der Waals surface area contributed by atoms with Crippen molar-refractivity contribution < 1.29 is 9.53 Å². The Balaban J connectivity index is 1.70. The Morgan fingerprint density at radius 3 is 2.95 bits per heavy atom. The summed E-state index contributed by atoms with van der Waals surface area (Å²) in [6.45, 7) is 7.42. The largest absolute Gasteiger partial charge is 0.377 e. The lowest BCUT2D eigenvalue weighted by Gasteiger charge is -2.60. The lowest BCUT2D eigenvalue weighted by Crippen LogP contribution is -2.80. The van der Waals surface area contributed by atoms with Gasteiger partial charge in [-0.05, 0) is 25.5 Å². The molecule has 3 unspecified atom stereocenters. The maximum absolute atomic E-state index is 12.6. The Hall–Kier alpha value is -0.910. The number of carbonyl (C=O) groups is 1. The fraction of sp³-hybridized carbons (Fsp3) is 0.667. The topological polar surface area (TPSA) is 64.4 Å². The molecule has 4 nitrogen and oxygen atoms in total. The molecular formula is C15H22N2O2S. The van der Waals surface area contributed by atoms with Gasteiger partial charge < -0.3 is 15.8 Å². The van der Waals surface area contributed by atoms with E-state index in [2.05, 4.69) is 24.4 Å². The van der Waals surface area contributed by atoms with Crippen LogP contribution in [0.2, 0.25) is 0 Å². The zero-order valence-corrected chi connectivity index (χ0v) is 13.0. The number of thiophene rings is 1. The Morgan fingerprint density at radius 2 is 2.30 bits per heavy atom. The standard InChI is InChI=1S/C15H22N2O2S/c1-9-4-5-10(20-9)8-17-13(18)15(16)11-6-7-19-12(11)14(15,2)3/h4-5,11-12H,6-8,16H2,1-3H3,(H,17,18). The van der Waals surface area contributed by atoms with Crippen molar-refractivity contribution in [1.29, 1.82) is 0 Å². The molecule has 1 amide bonds. The number of nitrogens with two attached hydrogens (primary N) is 1. The lowest BCUT2D eigenvalue weighted by atomic mass is 9.48. The minimum Gasteiger partial charge on any atom is -0.377 e. The molecular weight excluding hydrogens is 272 g/mol. The summed E-state index contributed by atoms with van der Waals surface area (Å²) in [5.74, 6) is 0.114. The van der Waals surface area contributed by atoms with Crippen LogP contribution in [0.15, 0.2) is 12.1 Å². The molecule has 0 spiro atoms. The first-order valence-corrected chi connectivity index (χ1v) is 7.93. The van der Waals surface area contributed by atoms with Crippen molar-refractivity contribution in [3.05, 3.63) is 21.9 Å². The number of fused-ring (bicyclic) bond motifs is 1. The quantitative estimate of drug-likeness (QED) is 0.893. The van der Waals surface area contributed by atoms with Crippen LogP contribution in [0.25, 0.3) is 0 Å². The summed E-state index contributed by atoms with van der Waals surface area (Å²) >= 11 is 1.71. The molecule has 110 valence electrons. The van der Waals surface area contributed by atoms with Crippen molar-refractivity contribution in [3.63, 3.8) is 0 Å². The van der Waals surface area contributed by atoms with Gasteiger partial charge in [0.05, 0.1) is 12.6 Å². The molecule has 3 rings (SSSR count). The van der Waals surface area contributed by atoms with Gasteiger partial charge in [-0.3, -0.25) is 4.79 Å². The van der Waals surface area contributed by atoms with E-state index in [4.69, 9.17) is 10.5 Å². The van der Waals surface area contributed by atoms with E-state index in [1.54, 1.807) is 11.3 Å². The molecule has 20 heavy (non-hydrogen) atoms. The van der Waals surface area contributed by atoms with E-state index in [0.29, 0.717) is 6.54 Å². The molecule has 2 aliphatic rings. The third-order valence-electron chi connectivity index (χ3n) is 5.05. The van der Waals surface area contributed by atoms with Crippen molar-refractivity contribution in [2.24, 2.45) is 17.1 Å². The number of amides is 1. The molecule has 5 heteroatoms. The van der Waals surface area contributed by atoms with Crippen LogP contribution in [0.3, 0.4) is 0 Å². The highest BCUT2D eigenvalue weighted by Gasteiger charge is 2.71. The summed E-state index contributed by atoms with van der Waals surface area (Å²) < 4.78 is 5.72. The molecule has 1 saturated carbocycles. The number of hydrogen-bond donors (Lipinski definition) is 2. The van der Waals surface area contributed by atoms with E-state index in [0.717, 1.165) is 17.9 Å². The monoisotopic (exact) mass is 294 g/mol. The van der Waals surface area contributed by atoms with Crippen LogP contribution >= 0.6 is 11.3 Å².